The SMILES string of the molecule is Cc1nnc2n1CC(NC(=O)Cc1nn(C(C)C)c3cc(C(F)(F)F)ccc3c1=O)C(C)C2. The number of nitrogens with zero attached hydrogens (tertiary/aromatic N) is 5. The van der Waals surface area contributed by atoms with Gasteiger partial charge in [0.1, 0.15) is 17.3 Å². The third-order valence-corrected chi connectivity index (χ3v) is 6.05. The zero-order valence-corrected chi connectivity index (χ0v) is 18.8. The molecule has 0 bridgehead atoms. The van der Waals surface area contributed by atoms with Gasteiger partial charge in [0.15, 0.2) is 0 Å². The molecule has 1 aliphatic rings. The Balaban J connectivity index is 1.62. The van der Waals surface area contributed by atoms with Crippen LogP contribution in [0.25, 0.3) is 10.9 Å². The third-order valence-electron chi connectivity index (χ3n) is 6.05. The third kappa shape index (κ3) is 4.36. The van der Waals surface area contributed by atoms with Crippen LogP contribution in [-0.4, -0.2) is 36.5 Å². The largest absolute Gasteiger partial charge is 0.416 e. The number of aromatic nitrogens is 5. The number of fused-ring (bicyclic) bond motifs is 2. The molecule has 4 rings (SSSR count). The Labute approximate surface area is 187 Å². The lowest BCUT2D eigenvalue weighted by Crippen LogP contribution is -2.47. The van der Waals surface area contributed by atoms with Gasteiger partial charge in [0, 0.05) is 30.4 Å². The summed E-state index contributed by atoms with van der Waals surface area (Å²) in [5.74, 6) is 1.40. The molecule has 1 aromatic carbocycles. The van der Waals surface area contributed by atoms with E-state index >= 15 is 0 Å². The number of carbonyl (C=O) groups excluding carboxylic acids is 1. The van der Waals surface area contributed by atoms with Gasteiger partial charge in [0.2, 0.25) is 11.3 Å². The van der Waals surface area contributed by atoms with E-state index in [2.05, 4.69) is 20.6 Å². The Morgan fingerprint density at radius 2 is 2.00 bits per heavy atom. The normalized spacial score (nSPS) is 18.5. The van der Waals surface area contributed by atoms with Crippen LogP contribution in [0.5, 0.6) is 0 Å². The number of hydrogen-bond donors (Lipinski definition) is 1. The summed E-state index contributed by atoms with van der Waals surface area (Å²) in [5, 5.41) is 15.6. The molecule has 1 N–H and O–H groups in total. The monoisotopic (exact) mass is 462 g/mol. The summed E-state index contributed by atoms with van der Waals surface area (Å²) in [6.07, 6.45) is -4.13. The standard InChI is InChI=1S/C22H25F3N6O2/c1-11(2)31-18-8-14(22(23,24)25)5-6-15(18)21(33)16(29-31)9-20(32)26-17-10-30-13(4)27-28-19(30)7-12(17)3/h5-6,8,11-12,17H,7,9-10H2,1-4H3,(H,26,32). The number of amides is 1. The van der Waals surface area contributed by atoms with Gasteiger partial charge in [-0.3, -0.25) is 14.3 Å². The minimum absolute atomic E-state index is 0.00177. The first kappa shape index (κ1) is 22.9. The average Bonchev–Trinajstić information content (AvgIpc) is 3.08. The molecule has 0 spiro atoms. The molecule has 2 aromatic heterocycles. The molecule has 11 heteroatoms. The fourth-order valence-corrected chi connectivity index (χ4v) is 4.20. The van der Waals surface area contributed by atoms with E-state index in [-0.39, 0.29) is 46.9 Å². The maximum absolute atomic E-state index is 13.2. The Morgan fingerprint density at radius 1 is 1.27 bits per heavy atom. The second-order valence-electron chi connectivity index (χ2n) is 8.85. The molecule has 1 aliphatic heterocycles. The van der Waals surface area contributed by atoms with E-state index in [1.807, 2.05) is 18.4 Å². The molecule has 176 valence electrons. The predicted molar refractivity (Wildman–Crippen MR) is 115 cm³/mol. The molecule has 0 saturated carbocycles. The van der Waals surface area contributed by atoms with E-state index in [4.69, 9.17) is 0 Å². The molecule has 2 unspecified atom stereocenters. The topological polar surface area (TPSA) is 94.7 Å². The Morgan fingerprint density at radius 3 is 2.67 bits per heavy atom. The van der Waals surface area contributed by atoms with Gasteiger partial charge in [-0.2, -0.15) is 18.3 Å². The van der Waals surface area contributed by atoms with Crippen molar-refractivity contribution in [2.24, 2.45) is 5.92 Å². The molecular formula is C22H25F3N6O2. The van der Waals surface area contributed by atoms with Gasteiger partial charge in [-0.05, 0) is 44.9 Å². The number of rotatable bonds is 4. The van der Waals surface area contributed by atoms with Crippen LogP contribution in [0.3, 0.4) is 0 Å². The second kappa shape index (κ2) is 8.27. The maximum atomic E-state index is 13.2. The molecule has 0 saturated heterocycles. The van der Waals surface area contributed by atoms with Gasteiger partial charge < -0.3 is 9.88 Å². The first-order valence-corrected chi connectivity index (χ1v) is 10.8. The van der Waals surface area contributed by atoms with Crippen molar-refractivity contribution in [3.63, 3.8) is 0 Å². The number of alkyl halides is 3. The number of aryl methyl sites for hydroxylation is 1. The van der Waals surface area contributed by atoms with E-state index in [0.717, 1.165) is 29.8 Å². The highest BCUT2D eigenvalue weighted by atomic mass is 19.4. The first-order valence-electron chi connectivity index (χ1n) is 10.8. The summed E-state index contributed by atoms with van der Waals surface area (Å²) in [7, 11) is 0. The zero-order valence-electron chi connectivity index (χ0n) is 18.8. The van der Waals surface area contributed by atoms with Crippen LogP contribution in [0.4, 0.5) is 13.2 Å². The number of hydrogen-bond acceptors (Lipinski definition) is 5. The quantitative estimate of drug-likeness (QED) is 0.644. The van der Waals surface area contributed by atoms with Crippen LogP contribution in [0, 0.1) is 12.8 Å². The molecule has 33 heavy (non-hydrogen) atoms. The van der Waals surface area contributed by atoms with E-state index < -0.39 is 17.2 Å². The second-order valence-corrected chi connectivity index (χ2v) is 8.85. The van der Waals surface area contributed by atoms with Gasteiger partial charge in [-0.1, -0.05) is 6.92 Å². The maximum Gasteiger partial charge on any atom is 0.416 e. The first-order chi connectivity index (χ1) is 15.5. The lowest BCUT2D eigenvalue weighted by molar-refractivity contribution is -0.137. The lowest BCUT2D eigenvalue weighted by Gasteiger charge is -2.30. The summed E-state index contributed by atoms with van der Waals surface area (Å²) in [6, 6.07) is 2.48. The van der Waals surface area contributed by atoms with Gasteiger partial charge in [0.25, 0.3) is 0 Å². The van der Waals surface area contributed by atoms with Crippen LogP contribution in [0.1, 0.15) is 49.7 Å². The Hall–Kier alpha value is -3.24. The Kier molecular flexibility index (Phi) is 5.75. The van der Waals surface area contributed by atoms with Crippen molar-refractivity contribution in [2.75, 3.05) is 0 Å². The fourth-order valence-electron chi connectivity index (χ4n) is 4.20. The molecule has 3 heterocycles. The van der Waals surface area contributed by atoms with Crippen molar-refractivity contribution >= 4 is 16.8 Å². The number of benzene rings is 1. The van der Waals surface area contributed by atoms with Crippen LogP contribution < -0.4 is 10.7 Å². The summed E-state index contributed by atoms with van der Waals surface area (Å²) < 4.78 is 42.9. The van der Waals surface area contributed by atoms with Crippen LogP contribution >= 0.6 is 0 Å². The smallest absolute Gasteiger partial charge is 0.351 e. The summed E-state index contributed by atoms with van der Waals surface area (Å²) in [6.45, 7) is 7.90. The molecule has 8 nitrogen and oxygen atoms in total. The van der Waals surface area contributed by atoms with Crippen molar-refractivity contribution in [1.82, 2.24) is 29.9 Å². The fraction of sp³-hybridized carbons (Fsp3) is 0.500. The van der Waals surface area contributed by atoms with Crippen LogP contribution in [0.2, 0.25) is 0 Å². The molecular weight excluding hydrogens is 437 g/mol. The summed E-state index contributed by atoms with van der Waals surface area (Å²) >= 11 is 0. The highest BCUT2D eigenvalue weighted by Crippen LogP contribution is 2.31. The van der Waals surface area contributed by atoms with Crippen molar-refractivity contribution in [2.45, 2.75) is 65.3 Å². The summed E-state index contributed by atoms with van der Waals surface area (Å²) in [5.41, 5.74) is -1.31. The zero-order chi connectivity index (χ0) is 24.1. The van der Waals surface area contributed by atoms with Crippen LogP contribution in [0.15, 0.2) is 23.0 Å². The van der Waals surface area contributed by atoms with E-state index in [1.54, 1.807) is 13.8 Å². The van der Waals surface area contributed by atoms with Gasteiger partial charge in [-0.25, -0.2) is 0 Å². The van der Waals surface area contributed by atoms with Crippen molar-refractivity contribution in [1.29, 1.82) is 0 Å². The molecule has 0 fully saturated rings. The number of halogens is 3. The average molecular weight is 462 g/mol. The van der Waals surface area contributed by atoms with Crippen molar-refractivity contribution in [3.05, 3.63) is 51.3 Å². The van der Waals surface area contributed by atoms with Gasteiger partial charge >= 0.3 is 6.18 Å². The van der Waals surface area contributed by atoms with E-state index in [9.17, 15) is 22.8 Å². The van der Waals surface area contributed by atoms with E-state index in [1.165, 1.54) is 4.68 Å². The minimum atomic E-state index is -4.54. The summed E-state index contributed by atoms with van der Waals surface area (Å²) in [4.78, 5) is 25.8. The number of nitrogens with one attached hydrogen (secondary N) is 1. The molecule has 1 amide bonds. The van der Waals surface area contributed by atoms with Crippen molar-refractivity contribution in [3.8, 4) is 0 Å². The van der Waals surface area contributed by atoms with Crippen molar-refractivity contribution < 1.29 is 18.0 Å². The molecule has 2 atom stereocenters. The van der Waals surface area contributed by atoms with Gasteiger partial charge in [-0.15, -0.1) is 10.2 Å². The predicted octanol–water partition coefficient (Wildman–Crippen LogP) is 2.82. The minimum Gasteiger partial charge on any atom is -0.351 e. The number of carbonyl (C=O) groups is 1. The van der Waals surface area contributed by atoms with E-state index in [0.29, 0.717) is 13.0 Å². The highest BCUT2D eigenvalue weighted by Gasteiger charge is 2.32. The molecule has 0 aliphatic carbocycles. The lowest BCUT2D eigenvalue weighted by atomic mass is 9.94. The van der Waals surface area contributed by atoms with Gasteiger partial charge in [0.05, 0.1) is 17.5 Å². The highest BCUT2D eigenvalue weighted by molar-refractivity contribution is 5.82. The molecule has 0 radical (unpaired) electrons. The van der Waals surface area contributed by atoms with Crippen LogP contribution in [-0.2, 0) is 30.4 Å². The molecule has 3 aromatic rings. The Bertz CT molecular complexity index is 1280.